The number of thiophene rings is 2. The van der Waals surface area contributed by atoms with E-state index in [-0.39, 0.29) is 0 Å². The van der Waals surface area contributed by atoms with Crippen molar-refractivity contribution in [2.45, 2.75) is 0 Å². The molecule has 43 heavy (non-hydrogen) atoms. The van der Waals surface area contributed by atoms with Crippen LogP contribution in [-0.2, 0) is 0 Å². The number of nitrogens with zero attached hydrogens (tertiary/aromatic N) is 1. The van der Waals surface area contributed by atoms with Gasteiger partial charge in [-0.15, -0.1) is 22.7 Å². The van der Waals surface area contributed by atoms with E-state index in [1.807, 2.05) is 22.7 Å². The van der Waals surface area contributed by atoms with E-state index in [2.05, 4.69) is 157 Å². The SMILES string of the molecule is c1ccc(-c2cc3ccccc3c3sc4ccc(N(c5ccccc5)c5ccc6c(c5)sc5ccccc56)cc4c23)cc1. The summed E-state index contributed by atoms with van der Waals surface area (Å²) in [6, 6.07) is 55.3. The van der Waals surface area contributed by atoms with Crippen molar-refractivity contribution in [3.05, 3.63) is 152 Å². The van der Waals surface area contributed by atoms with Crippen molar-refractivity contribution in [3.8, 4) is 11.1 Å². The first kappa shape index (κ1) is 24.6. The molecule has 2 heterocycles. The third-order valence-corrected chi connectivity index (χ3v) is 10.8. The summed E-state index contributed by atoms with van der Waals surface area (Å²) >= 11 is 3.76. The third kappa shape index (κ3) is 3.97. The van der Waals surface area contributed by atoms with E-state index >= 15 is 0 Å². The molecule has 0 aliphatic rings. The molecule has 2 aromatic heterocycles. The Balaban J connectivity index is 1.31. The highest BCUT2D eigenvalue weighted by Gasteiger charge is 2.19. The zero-order chi connectivity index (χ0) is 28.3. The highest BCUT2D eigenvalue weighted by atomic mass is 32.1. The predicted octanol–water partition coefficient (Wildman–Crippen LogP) is 12.7. The Morgan fingerprint density at radius 2 is 1.05 bits per heavy atom. The van der Waals surface area contributed by atoms with Gasteiger partial charge in [0.05, 0.1) is 0 Å². The van der Waals surface area contributed by atoms with Gasteiger partial charge in [-0.05, 0) is 76.5 Å². The zero-order valence-corrected chi connectivity index (χ0v) is 24.8. The molecule has 0 spiro atoms. The summed E-state index contributed by atoms with van der Waals surface area (Å²) in [6.45, 7) is 0. The third-order valence-electron chi connectivity index (χ3n) is 8.42. The monoisotopic (exact) mass is 583 g/mol. The molecular weight excluding hydrogens is 559 g/mol. The van der Waals surface area contributed by atoms with Crippen LogP contribution in [0.3, 0.4) is 0 Å². The van der Waals surface area contributed by atoms with Gasteiger partial charge >= 0.3 is 0 Å². The van der Waals surface area contributed by atoms with Crippen LogP contribution in [0.2, 0.25) is 0 Å². The van der Waals surface area contributed by atoms with Crippen LogP contribution in [0, 0.1) is 0 Å². The fourth-order valence-corrected chi connectivity index (χ4v) is 8.85. The Labute approximate surface area is 257 Å². The number of hydrogen-bond acceptors (Lipinski definition) is 3. The molecule has 0 amide bonds. The maximum Gasteiger partial charge on any atom is 0.0476 e. The lowest BCUT2D eigenvalue weighted by Gasteiger charge is -2.25. The summed E-state index contributed by atoms with van der Waals surface area (Å²) in [4.78, 5) is 2.40. The van der Waals surface area contributed by atoms with E-state index in [0.717, 1.165) is 17.1 Å². The second-order valence-electron chi connectivity index (χ2n) is 10.9. The summed E-state index contributed by atoms with van der Waals surface area (Å²) in [6.07, 6.45) is 0. The van der Waals surface area contributed by atoms with E-state index in [1.54, 1.807) is 0 Å². The van der Waals surface area contributed by atoms with Gasteiger partial charge in [-0.25, -0.2) is 0 Å². The molecule has 9 aromatic rings. The topological polar surface area (TPSA) is 3.24 Å². The lowest BCUT2D eigenvalue weighted by Crippen LogP contribution is -2.09. The highest BCUT2D eigenvalue weighted by Crippen LogP contribution is 2.47. The van der Waals surface area contributed by atoms with E-state index < -0.39 is 0 Å². The quantitative estimate of drug-likeness (QED) is 0.199. The minimum absolute atomic E-state index is 1.15. The minimum Gasteiger partial charge on any atom is -0.310 e. The molecule has 0 N–H and O–H groups in total. The number of para-hydroxylation sites is 1. The molecule has 0 bridgehead atoms. The van der Waals surface area contributed by atoms with Crippen molar-refractivity contribution < 1.29 is 0 Å². The van der Waals surface area contributed by atoms with Gasteiger partial charge in [-0.3, -0.25) is 0 Å². The summed E-state index contributed by atoms with van der Waals surface area (Å²) in [7, 11) is 0. The molecule has 202 valence electrons. The lowest BCUT2D eigenvalue weighted by molar-refractivity contribution is 1.30. The average molecular weight is 584 g/mol. The van der Waals surface area contributed by atoms with Gasteiger partial charge in [0.1, 0.15) is 0 Å². The van der Waals surface area contributed by atoms with Gasteiger partial charge < -0.3 is 4.90 Å². The van der Waals surface area contributed by atoms with Crippen LogP contribution in [0.25, 0.3) is 62.2 Å². The lowest BCUT2D eigenvalue weighted by atomic mass is 9.95. The number of anilines is 3. The molecule has 0 radical (unpaired) electrons. The summed E-state index contributed by atoms with van der Waals surface area (Å²) in [5, 5.41) is 7.87. The smallest absolute Gasteiger partial charge is 0.0476 e. The van der Waals surface area contributed by atoms with Gasteiger partial charge in [0.15, 0.2) is 0 Å². The van der Waals surface area contributed by atoms with Gasteiger partial charge in [-0.1, -0.05) is 97.1 Å². The van der Waals surface area contributed by atoms with Crippen LogP contribution < -0.4 is 4.90 Å². The Morgan fingerprint density at radius 3 is 1.91 bits per heavy atom. The second-order valence-corrected chi connectivity index (χ2v) is 13.1. The van der Waals surface area contributed by atoms with Gasteiger partial charge in [0.2, 0.25) is 0 Å². The number of hydrogen-bond donors (Lipinski definition) is 0. The Hall–Kier alpha value is -4.96. The fraction of sp³-hybridized carbons (Fsp3) is 0. The van der Waals surface area contributed by atoms with Crippen molar-refractivity contribution in [1.29, 1.82) is 0 Å². The molecule has 0 saturated carbocycles. The minimum atomic E-state index is 1.15. The van der Waals surface area contributed by atoms with E-state index in [0.29, 0.717) is 0 Å². The molecule has 9 rings (SSSR count). The molecule has 0 aliphatic heterocycles. The van der Waals surface area contributed by atoms with Crippen LogP contribution in [0.5, 0.6) is 0 Å². The fourth-order valence-electron chi connectivity index (χ4n) is 6.46. The zero-order valence-electron chi connectivity index (χ0n) is 23.2. The summed E-state index contributed by atoms with van der Waals surface area (Å²) in [5.41, 5.74) is 6.01. The Kier molecular flexibility index (Phi) is 5.62. The van der Waals surface area contributed by atoms with Crippen LogP contribution in [0.1, 0.15) is 0 Å². The Morgan fingerprint density at radius 1 is 0.395 bits per heavy atom. The molecule has 0 atom stereocenters. The molecule has 0 aliphatic carbocycles. The molecule has 1 nitrogen and oxygen atoms in total. The first-order valence-corrected chi connectivity index (χ1v) is 16.1. The van der Waals surface area contributed by atoms with Gasteiger partial charge in [0.25, 0.3) is 0 Å². The van der Waals surface area contributed by atoms with Gasteiger partial charge in [0, 0.05) is 57.4 Å². The van der Waals surface area contributed by atoms with Crippen molar-refractivity contribution in [1.82, 2.24) is 0 Å². The average Bonchev–Trinajstić information content (AvgIpc) is 3.64. The summed E-state index contributed by atoms with van der Waals surface area (Å²) < 4.78 is 5.29. The molecular formula is C40H25NS2. The maximum absolute atomic E-state index is 2.40. The number of rotatable bonds is 4. The first-order chi connectivity index (χ1) is 21.3. The molecule has 3 heteroatoms. The maximum atomic E-state index is 2.40. The molecule has 0 saturated heterocycles. The number of benzene rings is 7. The van der Waals surface area contributed by atoms with Crippen molar-refractivity contribution in [3.63, 3.8) is 0 Å². The molecule has 0 fully saturated rings. The summed E-state index contributed by atoms with van der Waals surface area (Å²) in [5.74, 6) is 0. The Bertz CT molecular complexity index is 2450. The molecule has 0 unspecified atom stereocenters. The highest BCUT2D eigenvalue weighted by molar-refractivity contribution is 7.27. The van der Waals surface area contributed by atoms with Crippen LogP contribution >= 0.6 is 22.7 Å². The van der Waals surface area contributed by atoms with Crippen LogP contribution in [-0.4, -0.2) is 0 Å². The first-order valence-electron chi connectivity index (χ1n) is 14.5. The number of fused-ring (bicyclic) bond motifs is 8. The van der Waals surface area contributed by atoms with Crippen molar-refractivity contribution in [2.75, 3.05) is 4.90 Å². The normalized spacial score (nSPS) is 11.7. The second kappa shape index (κ2) is 9.81. The van der Waals surface area contributed by atoms with E-state index in [9.17, 15) is 0 Å². The van der Waals surface area contributed by atoms with Gasteiger partial charge in [-0.2, -0.15) is 0 Å². The molecule has 7 aromatic carbocycles. The standard InChI is InChI=1S/C40H25NS2/c1-3-11-26(12-4-1)34-23-27-13-7-8-16-31(27)40-39(34)35-24-29(20-22-37(35)43-40)41(28-14-5-2-6-15-28)30-19-21-33-32-17-9-10-18-36(32)42-38(33)25-30/h1-25H. The van der Waals surface area contributed by atoms with Crippen molar-refractivity contribution in [2.24, 2.45) is 0 Å². The largest absolute Gasteiger partial charge is 0.310 e. The van der Waals surface area contributed by atoms with E-state index in [1.165, 1.54) is 62.2 Å². The van der Waals surface area contributed by atoms with Crippen molar-refractivity contribution >= 4 is 90.9 Å². The predicted molar refractivity (Wildman–Crippen MR) is 190 cm³/mol. The van der Waals surface area contributed by atoms with Crippen LogP contribution in [0.15, 0.2) is 152 Å². The van der Waals surface area contributed by atoms with E-state index in [4.69, 9.17) is 0 Å². The van der Waals surface area contributed by atoms with Crippen LogP contribution in [0.4, 0.5) is 17.1 Å².